The maximum atomic E-state index is 13.7. The minimum absolute atomic E-state index is 0.0514. The standard InChI is InChI=1S/C28H51BN6O4/c1-17(2)14-23(29-38-22-16-18-15-21(27(18,3)4)28(22,5)39-29)35-25(37)20(11-9-13-33-26(30)31-6)34-24(36)19-10-7-8-12-32-19/h17-23,32H,7-16H2,1-6H3,(H,34,36)(H,35,37)(H3,30,31,33)/t18-,19-,20-,21-,22+,23-,28-/m0/s1. The Morgan fingerprint density at radius 1 is 1.18 bits per heavy atom. The molecular formula is C28H51BN6O4. The van der Waals surface area contributed by atoms with E-state index in [0.717, 1.165) is 38.6 Å². The highest BCUT2D eigenvalue weighted by atomic mass is 16.7. The van der Waals surface area contributed by atoms with Gasteiger partial charge in [-0.2, -0.15) is 0 Å². The van der Waals surface area contributed by atoms with Gasteiger partial charge in [-0.3, -0.25) is 14.6 Å². The molecule has 3 saturated carbocycles. The van der Waals surface area contributed by atoms with Gasteiger partial charge in [0.25, 0.3) is 0 Å². The van der Waals surface area contributed by atoms with Crippen LogP contribution in [0.1, 0.15) is 86.0 Å². The van der Waals surface area contributed by atoms with Gasteiger partial charge in [0.15, 0.2) is 5.96 Å². The highest BCUT2D eigenvalue weighted by Gasteiger charge is 2.68. The van der Waals surface area contributed by atoms with Crippen molar-refractivity contribution in [3.8, 4) is 0 Å². The van der Waals surface area contributed by atoms with Crippen molar-refractivity contribution in [2.24, 2.45) is 33.9 Å². The fourth-order valence-electron chi connectivity index (χ4n) is 7.32. The Bertz CT molecular complexity index is 910. The first-order chi connectivity index (χ1) is 18.5. The maximum Gasteiger partial charge on any atom is 0.481 e. The van der Waals surface area contributed by atoms with Crippen LogP contribution in [0.25, 0.3) is 0 Å². The molecular weight excluding hydrogens is 495 g/mol. The number of carbonyl (C=O) groups is 2. The van der Waals surface area contributed by atoms with E-state index in [1.165, 1.54) is 6.42 Å². The molecule has 5 aliphatic rings. The Balaban J connectivity index is 1.43. The quantitative estimate of drug-likeness (QED) is 0.115. The van der Waals surface area contributed by atoms with E-state index in [9.17, 15) is 9.59 Å². The first-order valence-corrected chi connectivity index (χ1v) is 15.1. The first-order valence-electron chi connectivity index (χ1n) is 15.1. The fraction of sp³-hybridized carbons (Fsp3) is 0.893. The van der Waals surface area contributed by atoms with E-state index in [2.05, 4.69) is 60.9 Å². The molecule has 0 radical (unpaired) electrons. The van der Waals surface area contributed by atoms with Crippen molar-refractivity contribution < 1.29 is 18.9 Å². The van der Waals surface area contributed by atoms with Gasteiger partial charge in [-0.25, -0.2) is 0 Å². The summed E-state index contributed by atoms with van der Waals surface area (Å²) in [4.78, 5) is 30.7. The minimum Gasteiger partial charge on any atom is -0.404 e. The fourth-order valence-corrected chi connectivity index (χ4v) is 7.32. The number of nitrogens with zero attached hydrogens (tertiary/aromatic N) is 1. The summed E-state index contributed by atoms with van der Waals surface area (Å²) in [7, 11) is 1.12. The Kier molecular flexibility index (Phi) is 9.54. The lowest BCUT2D eigenvalue weighted by atomic mass is 9.43. The van der Waals surface area contributed by atoms with Gasteiger partial charge in [0.2, 0.25) is 11.8 Å². The lowest BCUT2D eigenvalue weighted by Crippen LogP contribution is -2.65. The van der Waals surface area contributed by atoms with Gasteiger partial charge in [-0.05, 0) is 81.6 Å². The van der Waals surface area contributed by atoms with Gasteiger partial charge < -0.3 is 36.3 Å². The Morgan fingerprint density at radius 2 is 1.95 bits per heavy atom. The molecule has 6 N–H and O–H groups in total. The van der Waals surface area contributed by atoms with Crippen LogP contribution < -0.4 is 27.0 Å². The minimum atomic E-state index is -0.663. The van der Waals surface area contributed by atoms with Crippen molar-refractivity contribution in [1.82, 2.24) is 21.3 Å². The number of carbonyl (C=O) groups excluding carboxylic acids is 2. The number of nitrogens with one attached hydrogen (secondary N) is 4. The summed E-state index contributed by atoms with van der Waals surface area (Å²) in [5, 5.41) is 12.6. The van der Waals surface area contributed by atoms with Crippen molar-refractivity contribution in [2.45, 2.75) is 116 Å². The predicted molar refractivity (Wildman–Crippen MR) is 154 cm³/mol. The van der Waals surface area contributed by atoms with Crippen molar-refractivity contribution in [3.05, 3.63) is 0 Å². The molecule has 3 aliphatic carbocycles. The Hall–Kier alpha value is -1.85. The van der Waals surface area contributed by atoms with Crippen molar-refractivity contribution >= 4 is 24.9 Å². The van der Waals surface area contributed by atoms with Crippen LogP contribution in [-0.4, -0.2) is 74.8 Å². The number of aliphatic imine (C=N–C) groups is 1. The molecule has 0 unspecified atom stereocenters. The van der Waals surface area contributed by atoms with E-state index >= 15 is 0 Å². The van der Waals surface area contributed by atoms with Gasteiger partial charge in [-0.15, -0.1) is 0 Å². The van der Waals surface area contributed by atoms with Gasteiger partial charge in [-0.1, -0.05) is 34.1 Å². The number of hydrogen-bond donors (Lipinski definition) is 5. The van der Waals surface area contributed by atoms with E-state index in [-0.39, 0.29) is 40.9 Å². The zero-order valence-corrected chi connectivity index (χ0v) is 24.8. The normalized spacial score (nSPS) is 33.1. The highest BCUT2D eigenvalue weighted by molar-refractivity contribution is 6.48. The zero-order chi connectivity index (χ0) is 28.4. The van der Waals surface area contributed by atoms with Gasteiger partial charge >= 0.3 is 7.12 Å². The molecule has 10 nitrogen and oxygen atoms in total. The molecule has 2 heterocycles. The van der Waals surface area contributed by atoms with E-state index in [1.807, 2.05) is 0 Å². The van der Waals surface area contributed by atoms with Gasteiger partial charge in [0.05, 0.1) is 23.7 Å². The lowest BCUT2D eigenvalue weighted by Gasteiger charge is -2.64. The number of rotatable bonds is 11. The summed E-state index contributed by atoms with van der Waals surface area (Å²) in [5.74, 6) is 1.20. The molecule has 2 aliphatic heterocycles. The van der Waals surface area contributed by atoms with Crippen LogP contribution in [0.3, 0.4) is 0 Å². The van der Waals surface area contributed by atoms with Crippen LogP contribution in [0.5, 0.6) is 0 Å². The van der Waals surface area contributed by atoms with E-state index in [1.54, 1.807) is 7.05 Å². The summed E-state index contributed by atoms with van der Waals surface area (Å²) < 4.78 is 13.3. The zero-order valence-electron chi connectivity index (χ0n) is 24.8. The molecule has 0 aromatic carbocycles. The summed E-state index contributed by atoms with van der Waals surface area (Å²) in [6.07, 6.45) is 6.95. The molecule has 39 heavy (non-hydrogen) atoms. The second-order valence-corrected chi connectivity index (χ2v) is 13.3. The molecule has 0 aromatic rings. The van der Waals surface area contributed by atoms with E-state index < -0.39 is 13.2 Å². The third kappa shape index (κ3) is 6.56. The van der Waals surface area contributed by atoms with Gasteiger partial charge in [0, 0.05) is 13.6 Å². The van der Waals surface area contributed by atoms with Crippen LogP contribution in [0.2, 0.25) is 0 Å². The molecule has 0 aromatic heterocycles. The summed E-state index contributed by atoms with van der Waals surface area (Å²) in [6, 6.07) is -0.926. The van der Waals surface area contributed by atoms with Gasteiger partial charge in [0.1, 0.15) is 6.04 Å². The number of nitrogens with two attached hydrogens (primary N) is 1. The second kappa shape index (κ2) is 12.3. The summed E-state index contributed by atoms with van der Waals surface area (Å²) >= 11 is 0. The monoisotopic (exact) mass is 546 g/mol. The van der Waals surface area contributed by atoms with Crippen LogP contribution in [-0.2, 0) is 18.9 Å². The predicted octanol–water partition coefficient (Wildman–Crippen LogP) is 1.73. The molecule has 2 bridgehead atoms. The lowest BCUT2D eigenvalue weighted by molar-refractivity contribution is -0.199. The molecule has 5 fully saturated rings. The maximum absolute atomic E-state index is 13.7. The molecule has 7 atom stereocenters. The number of amides is 2. The SMILES string of the molecule is CN=C(N)NCCC[C@H](NC(=O)[C@@H]1CCCCN1)C(=O)N[C@@H](CC(C)C)B1O[C@@H]2C[C@@H]3C[C@@H](C3(C)C)[C@]2(C)O1. The van der Waals surface area contributed by atoms with Crippen LogP contribution in [0, 0.1) is 23.2 Å². The second-order valence-electron chi connectivity index (χ2n) is 13.3. The molecule has 0 spiro atoms. The van der Waals surface area contributed by atoms with Crippen LogP contribution in [0.4, 0.5) is 0 Å². The van der Waals surface area contributed by atoms with Crippen LogP contribution >= 0.6 is 0 Å². The molecule has 2 amide bonds. The first kappa shape index (κ1) is 30.1. The molecule has 220 valence electrons. The van der Waals surface area contributed by atoms with E-state index in [4.69, 9.17) is 15.0 Å². The van der Waals surface area contributed by atoms with Crippen molar-refractivity contribution in [1.29, 1.82) is 0 Å². The molecule has 5 rings (SSSR count). The average Bonchev–Trinajstić information content (AvgIpc) is 3.27. The highest BCUT2D eigenvalue weighted by Crippen LogP contribution is 2.65. The number of piperidine rings is 1. The summed E-state index contributed by atoms with van der Waals surface area (Å²) in [5.41, 5.74) is 5.67. The summed E-state index contributed by atoms with van der Waals surface area (Å²) in [6.45, 7) is 12.6. The topological polar surface area (TPSA) is 139 Å². The Labute approximate surface area is 234 Å². The smallest absolute Gasteiger partial charge is 0.404 e. The Morgan fingerprint density at radius 3 is 2.59 bits per heavy atom. The average molecular weight is 547 g/mol. The third-order valence-electron chi connectivity index (χ3n) is 9.83. The van der Waals surface area contributed by atoms with Crippen molar-refractivity contribution in [2.75, 3.05) is 20.1 Å². The third-order valence-corrected chi connectivity index (χ3v) is 9.83. The van der Waals surface area contributed by atoms with Crippen LogP contribution in [0.15, 0.2) is 4.99 Å². The molecule has 2 saturated heterocycles. The largest absolute Gasteiger partial charge is 0.481 e. The van der Waals surface area contributed by atoms with Crippen molar-refractivity contribution in [3.63, 3.8) is 0 Å². The van der Waals surface area contributed by atoms with E-state index in [0.29, 0.717) is 43.1 Å². The number of hydrogen-bond acceptors (Lipinski definition) is 6. The number of guanidine groups is 1. The molecule has 11 heteroatoms.